The number of aliphatic hydroxyl groups is 1. The van der Waals surface area contributed by atoms with Gasteiger partial charge < -0.3 is 20.5 Å². The van der Waals surface area contributed by atoms with E-state index >= 15 is 0 Å². The van der Waals surface area contributed by atoms with Crippen molar-refractivity contribution >= 4 is 17.2 Å². The Balaban J connectivity index is 1.59. The third-order valence-corrected chi connectivity index (χ3v) is 6.16. The summed E-state index contributed by atoms with van der Waals surface area (Å²) < 4.78 is 21.5. The lowest BCUT2D eigenvalue weighted by atomic mass is 10.0. The molecule has 0 aliphatic carbocycles. The number of hydrogen-bond donors (Lipinski definition) is 2. The maximum absolute atomic E-state index is 14.2. The monoisotopic (exact) mass is 426 g/mol. The van der Waals surface area contributed by atoms with Gasteiger partial charge in [0.15, 0.2) is 11.5 Å². The zero-order valence-corrected chi connectivity index (χ0v) is 17.6. The number of likely N-dealkylation sites (tertiary alicyclic amines) is 1. The van der Waals surface area contributed by atoms with Gasteiger partial charge in [-0.2, -0.15) is 0 Å². The number of nitrogens with zero attached hydrogens (tertiary/aromatic N) is 5. The van der Waals surface area contributed by atoms with Gasteiger partial charge in [0, 0.05) is 45.2 Å². The van der Waals surface area contributed by atoms with E-state index in [1.165, 1.54) is 6.07 Å². The van der Waals surface area contributed by atoms with Crippen molar-refractivity contribution in [2.75, 3.05) is 50.0 Å². The van der Waals surface area contributed by atoms with Gasteiger partial charge in [-0.3, -0.25) is 4.90 Å². The third kappa shape index (κ3) is 3.84. The van der Waals surface area contributed by atoms with E-state index in [2.05, 4.69) is 9.80 Å². The van der Waals surface area contributed by atoms with Crippen LogP contribution in [0.25, 0.3) is 5.65 Å². The molecule has 3 aromatic rings. The van der Waals surface area contributed by atoms with Crippen molar-refractivity contribution in [3.8, 4) is 0 Å². The largest absolute Gasteiger partial charge is 0.396 e. The number of aromatic nitrogens is 3. The average molecular weight is 426 g/mol. The van der Waals surface area contributed by atoms with E-state index in [-0.39, 0.29) is 11.9 Å². The summed E-state index contributed by atoms with van der Waals surface area (Å²) in [5.74, 6) is 0.564. The number of ether oxygens (including phenoxy) is 1. The fourth-order valence-corrected chi connectivity index (χ4v) is 4.28. The van der Waals surface area contributed by atoms with Gasteiger partial charge >= 0.3 is 0 Å². The number of nitrogens with two attached hydrogens (primary N) is 1. The molecule has 2 fully saturated rings. The Morgan fingerprint density at radius 3 is 2.77 bits per heavy atom. The normalized spacial score (nSPS) is 18.0. The molecule has 2 aliphatic rings. The standard InChI is InChI=1S/C22H27FN6O2/c1-14-15(3-2-4-17(14)23)9-20-19(13-27-11-16(30)12-27)25-22-18(24)10-21(26-29(20)22)28-5-7-31-8-6-28/h2-4,10,16,30H,5-9,11-13,24H2,1H3. The second-order valence-corrected chi connectivity index (χ2v) is 8.35. The van der Waals surface area contributed by atoms with E-state index in [0.717, 1.165) is 35.9 Å². The van der Waals surface area contributed by atoms with E-state index in [1.54, 1.807) is 13.0 Å². The maximum Gasteiger partial charge on any atom is 0.177 e. The summed E-state index contributed by atoms with van der Waals surface area (Å²) in [6, 6.07) is 7.00. The Labute approximate surface area is 180 Å². The number of halogens is 1. The first kappa shape index (κ1) is 20.2. The van der Waals surface area contributed by atoms with Crippen molar-refractivity contribution in [3.05, 3.63) is 52.6 Å². The summed E-state index contributed by atoms with van der Waals surface area (Å²) in [5, 5.41) is 14.6. The fourth-order valence-electron chi connectivity index (χ4n) is 4.28. The molecule has 0 amide bonds. The number of hydrogen-bond acceptors (Lipinski definition) is 7. The minimum atomic E-state index is -0.290. The van der Waals surface area contributed by atoms with Crippen LogP contribution < -0.4 is 10.6 Å². The predicted octanol–water partition coefficient (Wildman–Crippen LogP) is 1.36. The van der Waals surface area contributed by atoms with Gasteiger partial charge in [-0.25, -0.2) is 13.9 Å². The van der Waals surface area contributed by atoms with Crippen molar-refractivity contribution in [1.82, 2.24) is 19.5 Å². The number of benzene rings is 1. The maximum atomic E-state index is 14.2. The van der Waals surface area contributed by atoms with Gasteiger partial charge in [0.2, 0.25) is 0 Å². The van der Waals surface area contributed by atoms with Crippen LogP contribution in [0.5, 0.6) is 0 Å². The highest BCUT2D eigenvalue weighted by Gasteiger charge is 2.28. The van der Waals surface area contributed by atoms with Gasteiger partial charge in [-0.1, -0.05) is 12.1 Å². The molecule has 0 radical (unpaired) electrons. The van der Waals surface area contributed by atoms with Crippen molar-refractivity contribution in [2.45, 2.75) is 26.0 Å². The van der Waals surface area contributed by atoms with E-state index in [4.69, 9.17) is 20.6 Å². The van der Waals surface area contributed by atoms with Crippen LogP contribution in [0.2, 0.25) is 0 Å². The summed E-state index contributed by atoms with van der Waals surface area (Å²) in [4.78, 5) is 9.10. The summed E-state index contributed by atoms with van der Waals surface area (Å²) >= 11 is 0. The molecule has 0 unspecified atom stereocenters. The molecule has 0 spiro atoms. The highest BCUT2D eigenvalue weighted by atomic mass is 19.1. The van der Waals surface area contributed by atoms with Crippen LogP contribution in [0.1, 0.15) is 22.5 Å². The quantitative estimate of drug-likeness (QED) is 0.637. The average Bonchev–Trinajstić information content (AvgIpc) is 3.09. The lowest BCUT2D eigenvalue weighted by Crippen LogP contribution is -2.50. The molecule has 2 aromatic heterocycles. The lowest BCUT2D eigenvalue weighted by Gasteiger charge is -2.35. The minimum Gasteiger partial charge on any atom is -0.396 e. The number of aliphatic hydroxyl groups excluding tert-OH is 1. The van der Waals surface area contributed by atoms with E-state index in [0.29, 0.717) is 56.2 Å². The van der Waals surface area contributed by atoms with Crippen LogP contribution in [0, 0.1) is 12.7 Å². The third-order valence-electron chi connectivity index (χ3n) is 6.16. The number of morpholine rings is 1. The van der Waals surface area contributed by atoms with Gasteiger partial charge in [-0.15, -0.1) is 5.10 Å². The molecule has 3 N–H and O–H groups in total. The molecule has 0 bridgehead atoms. The van der Waals surface area contributed by atoms with E-state index < -0.39 is 0 Å². The summed E-state index contributed by atoms with van der Waals surface area (Å²) in [5.41, 5.74) is 10.8. The molecule has 4 heterocycles. The Morgan fingerprint density at radius 1 is 1.26 bits per heavy atom. The number of imidazole rings is 1. The van der Waals surface area contributed by atoms with E-state index in [9.17, 15) is 9.50 Å². The Bertz CT molecular complexity index is 1110. The second-order valence-electron chi connectivity index (χ2n) is 8.35. The molecule has 164 valence electrons. The van der Waals surface area contributed by atoms with Crippen LogP contribution >= 0.6 is 0 Å². The Hall–Kier alpha value is -2.75. The van der Waals surface area contributed by atoms with Crippen molar-refractivity contribution in [3.63, 3.8) is 0 Å². The van der Waals surface area contributed by atoms with Crippen molar-refractivity contribution in [2.24, 2.45) is 0 Å². The smallest absolute Gasteiger partial charge is 0.177 e. The van der Waals surface area contributed by atoms with Gasteiger partial charge in [0.1, 0.15) is 5.82 Å². The topological polar surface area (TPSA) is 92.1 Å². The molecule has 5 rings (SSSR count). The van der Waals surface area contributed by atoms with Crippen LogP contribution in [0.15, 0.2) is 24.3 Å². The molecule has 31 heavy (non-hydrogen) atoms. The van der Waals surface area contributed by atoms with Gasteiger partial charge in [-0.05, 0) is 24.1 Å². The molecular weight excluding hydrogens is 399 g/mol. The highest BCUT2D eigenvalue weighted by molar-refractivity contribution is 5.69. The first-order valence-corrected chi connectivity index (χ1v) is 10.6. The Kier molecular flexibility index (Phi) is 5.25. The first-order valence-electron chi connectivity index (χ1n) is 10.6. The number of fused-ring (bicyclic) bond motifs is 1. The van der Waals surface area contributed by atoms with Crippen LogP contribution in [0.3, 0.4) is 0 Å². The first-order chi connectivity index (χ1) is 15.0. The number of nitrogen functional groups attached to an aromatic ring is 1. The Morgan fingerprint density at radius 2 is 2.03 bits per heavy atom. The highest BCUT2D eigenvalue weighted by Crippen LogP contribution is 2.27. The molecule has 1 aromatic carbocycles. The zero-order chi connectivity index (χ0) is 21.5. The number of β-amino-alcohol motifs (C(OH)–C–C–N with tert-alkyl or cyclic N) is 1. The fraction of sp³-hybridized carbons (Fsp3) is 0.455. The summed E-state index contributed by atoms with van der Waals surface area (Å²) in [6.45, 7) is 6.44. The zero-order valence-electron chi connectivity index (χ0n) is 17.6. The minimum absolute atomic E-state index is 0.222. The molecule has 8 nitrogen and oxygen atoms in total. The number of anilines is 2. The molecule has 9 heteroatoms. The van der Waals surface area contributed by atoms with Crippen LogP contribution in [-0.4, -0.2) is 70.1 Å². The van der Waals surface area contributed by atoms with E-state index in [1.807, 2.05) is 16.6 Å². The van der Waals surface area contributed by atoms with Crippen molar-refractivity contribution < 1.29 is 14.2 Å². The molecule has 0 atom stereocenters. The molecular formula is C22H27FN6O2. The molecule has 0 saturated carbocycles. The van der Waals surface area contributed by atoms with Crippen LogP contribution in [0.4, 0.5) is 15.9 Å². The number of rotatable bonds is 5. The van der Waals surface area contributed by atoms with Crippen molar-refractivity contribution in [1.29, 1.82) is 0 Å². The van der Waals surface area contributed by atoms with Gasteiger partial charge in [0.05, 0.1) is 36.4 Å². The predicted molar refractivity (Wildman–Crippen MR) is 116 cm³/mol. The molecule has 2 saturated heterocycles. The summed E-state index contributed by atoms with van der Waals surface area (Å²) in [6.07, 6.45) is 0.206. The SMILES string of the molecule is Cc1c(F)cccc1Cc1c(CN2CC(O)C2)nc2c(N)cc(N3CCOCC3)nn12. The van der Waals surface area contributed by atoms with Gasteiger partial charge in [0.25, 0.3) is 0 Å². The summed E-state index contributed by atoms with van der Waals surface area (Å²) in [7, 11) is 0. The second kappa shape index (κ2) is 8.07. The lowest BCUT2D eigenvalue weighted by molar-refractivity contribution is -0.00360. The molecule has 2 aliphatic heterocycles. The van der Waals surface area contributed by atoms with Crippen LogP contribution in [-0.2, 0) is 17.7 Å².